The van der Waals surface area contributed by atoms with Gasteiger partial charge in [-0.1, -0.05) is 44.2 Å². The molecule has 0 spiro atoms. The molecule has 1 fully saturated rings. The van der Waals surface area contributed by atoms with Gasteiger partial charge in [0.25, 0.3) is 0 Å². The fourth-order valence-electron chi connectivity index (χ4n) is 2.86. The Labute approximate surface area is 138 Å². The summed E-state index contributed by atoms with van der Waals surface area (Å²) in [6.45, 7) is 4.03. The van der Waals surface area contributed by atoms with Gasteiger partial charge in [0.1, 0.15) is 0 Å². The summed E-state index contributed by atoms with van der Waals surface area (Å²) in [5.74, 6) is -0.605. The molecule has 1 aliphatic rings. The molecule has 6 nitrogen and oxygen atoms in total. The Hall–Kier alpha value is -0.990. The van der Waals surface area contributed by atoms with E-state index in [0.717, 1.165) is 18.4 Å². The fraction of sp³-hybridized carbons (Fsp3) is 0.625. The largest absolute Gasteiger partial charge is 0.344 e. The van der Waals surface area contributed by atoms with Gasteiger partial charge in [0.2, 0.25) is 0 Å². The Morgan fingerprint density at radius 1 is 1.13 bits per heavy atom. The van der Waals surface area contributed by atoms with Crippen LogP contribution in [-0.2, 0) is 30.4 Å². The lowest BCUT2D eigenvalue weighted by atomic mass is 10.0. The van der Waals surface area contributed by atoms with Crippen molar-refractivity contribution in [2.24, 2.45) is 5.14 Å². The van der Waals surface area contributed by atoms with Gasteiger partial charge < -0.3 is 9.47 Å². The van der Waals surface area contributed by atoms with Crippen LogP contribution in [0.3, 0.4) is 0 Å². The van der Waals surface area contributed by atoms with Crippen LogP contribution >= 0.6 is 0 Å². The maximum Gasteiger partial charge on any atom is 0.333 e. The second-order valence-electron chi connectivity index (χ2n) is 5.72. The Bertz CT molecular complexity index is 586. The number of benzene rings is 1. The molecule has 0 saturated carbocycles. The molecule has 2 atom stereocenters. The van der Waals surface area contributed by atoms with E-state index < -0.39 is 16.1 Å². The van der Waals surface area contributed by atoms with Crippen LogP contribution in [0.2, 0.25) is 0 Å². The standard InChI is InChI=1S/C16H25NO5S/c1-3-16(4-2)21-14(10-11-20-23(17,18)19)15(22-16)12-13-8-6-5-7-9-13/h5-9,14-15H,3-4,10-12H2,1-2H3,(H2,17,18,19)/t14-,15-/m1/s1. The van der Waals surface area contributed by atoms with Crippen molar-refractivity contribution in [2.45, 2.75) is 57.5 Å². The second-order valence-corrected chi connectivity index (χ2v) is 6.94. The summed E-state index contributed by atoms with van der Waals surface area (Å²) in [6.07, 6.45) is 2.24. The molecule has 1 aliphatic heterocycles. The molecule has 1 aromatic carbocycles. The molecule has 0 amide bonds. The van der Waals surface area contributed by atoms with E-state index in [4.69, 9.17) is 14.6 Å². The molecule has 0 aromatic heterocycles. The van der Waals surface area contributed by atoms with Crippen molar-refractivity contribution in [3.63, 3.8) is 0 Å². The molecule has 1 heterocycles. The number of rotatable bonds is 8. The van der Waals surface area contributed by atoms with Gasteiger partial charge in [-0.3, -0.25) is 4.18 Å². The van der Waals surface area contributed by atoms with Gasteiger partial charge in [0, 0.05) is 12.8 Å². The van der Waals surface area contributed by atoms with Crippen molar-refractivity contribution in [3.8, 4) is 0 Å². The summed E-state index contributed by atoms with van der Waals surface area (Å²) in [5.41, 5.74) is 1.15. The lowest BCUT2D eigenvalue weighted by Gasteiger charge is -2.25. The van der Waals surface area contributed by atoms with Crippen molar-refractivity contribution < 1.29 is 22.1 Å². The van der Waals surface area contributed by atoms with E-state index in [1.54, 1.807) is 0 Å². The summed E-state index contributed by atoms with van der Waals surface area (Å²) < 4.78 is 38.7. The van der Waals surface area contributed by atoms with Crippen LogP contribution in [-0.4, -0.2) is 33.0 Å². The summed E-state index contributed by atoms with van der Waals surface area (Å²) >= 11 is 0. The van der Waals surface area contributed by atoms with E-state index in [9.17, 15) is 8.42 Å². The number of hydrogen-bond donors (Lipinski definition) is 1. The van der Waals surface area contributed by atoms with E-state index >= 15 is 0 Å². The van der Waals surface area contributed by atoms with Gasteiger partial charge in [0.15, 0.2) is 5.79 Å². The van der Waals surface area contributed by atoms with Crippen molar-refractivity contribution in [2.75, 3.05) is 6.61 Å². The van der Waals surface area contributed by atoms with Gasteiger partial charge >= 0.3 is 10.3 Å². The van der Waals surface area contributed by atoms with Gasteiger partial charge in [-0.05, 0) is 18.4 Å². The fourth-order valence-corrected chi connectivity index (χ4v) is 3.19. The average molecular weight is 343 g/mol. The lowest BCUT2D eigenvalue weighted by Crippen LogP contribution is -2.29. The Morgan fingerprint density at radius 3 is 2.30 bits per heavy atom. The summed E-state index contributed by atoms with van der Waals surface area (Å²) in [6, 6.07) is 10.0. The maximum absolute atomic E-state index is 10.9. The van der Waals surface area contributed by atoms with Crippen LogP contribution in [0.1, 0.15) is 38.7 Å². The predicted molar refractivity (Wildman–Crippen MR) is 86.9 cm³/mol. The first kappa shape index (κ1) is 18.4. The highest BCUT2D eigenvalue weighted by atomic mass is 32.2. The van der Waals surface area contributed by atoms with Gasteiger partial charge in [0.05, 0.1) is 18.8 Å². The van der Waals surface area contributed by atoms with Crippen LogP contribution in [0.15, 0.2) is 30.3 Å². The summed E-state index contributed by atoms with van der Waals surface area (Å²) in [5, 5.41) is 4.86. The molecule has 7 heteroatoms. The van der Waals surface area contributed by atoms with Crippen molar-refractivity contribution in [1.82, 2.24) is 0 Å². The minimum atomic E-state index is -3.93. The van der Waals surface area contributed by atoms with Gasteiger partial charge in [-0.2, -0.15) is 8.42 Å². The monoisotopic (exact) mass is 343 g/mol. The third kappa shape index (κ3) is 5.26. The van der Waals surface area contributed by atoms with Crippen LogP contribution in [0.4, 0.5) is 0 Å². The van der Waals surface area contributed by atoms with Gasteiger partial charge in [-0.25, -0.2) is 5.14 Å². The zero-order valence-corrected chi connectivity index (χ0v) is 14.4. The highest BCUT2D eigenvalue weighted by molar-refractivity contribution is 7.84. The molecule has 1 saturated heterocycles. The highest BCUT2D eigenvalue weighted by Crippen LogP contribution is 2.37. The van der Waals surface area contributed by atoms with Gasteiger partial charge in [-0.15, -0.1) is 0 Å². The van der Waals surface area contributed by atoms with E-state index in [1.807, 2.05) is 44.2 Å². The topological polar surface area (TPSA) is 87.9 Å². The van der Waals surface area contributed by atoms with Crippen molar-refractivity contribution in [3.05, 3.63) is 35.9 Å². The normalized spacial score (nSPS) is 24.0. The molecule has 23 heavy (non-hydrogen) atoms. The van der Waals surface area contributed by atoms with Crippen molar-refractivity contribution in [1.29, 1.82) is 0 Å². The van der Waals surface area contributed by atoms with E-state index in [0.29, 0.717) is 12.8 Å². The minimum absolute atomic E-state index is 0.0122. The second kappa shape index (κ2) is 7.72. The first-order chi connectivity index (χ1) is 10.9. The molecule has 1 aromatic rings. The smallest absolute Gasteiger partial charge is 0.333 e. The lowest BCUT2D eigenvalue weighted by molar-refractivity contribution is -0.179. The third-order valence-corrected chi connectivity index (χ3v) is 4.65. The Morgan fingerprint density at radius 2 is 1.74 bits per heavy atom. The molecular formula is C16H25NO5S. The van der Waals surface area contributed by atoms with E-state index in [2.05, 4.69) is 4.18 Å². The summed E-state index contributed by atoms with van der Waals surface area (Å²) in [4.78, 5) is 0. The quantitative estimate of drug-likeness (QED) is 0.781. The molecule has 0 aliphatic carbocycles. The minimum Gasteiger partial charge on any atom is -0.344 e. The highest BCUT2D eigenvalue weighted by Gasteiger charge is 2.44. The molecular weight excluding hydrogens is 318 g/mol. The van der Waals surface area contributed by atoms with E-state index in [1.165, 1.54) is 0 Å². The zero-order chi connectivity index (χ0) is 16.9. The molecule has 2 rings (SSSR count). The zero-order valence-electron chi connectivity index (χ0n) is 13.6. The maximum atomic E-state index is 10.9. The van der Waals surface area contributed by atoms with E-state index in [-0.39, 0.29) is 18.8 Å². The first-order valence-corrected chi connectivity index (χ1v) is 9.41. The molecule has 130 valence electrons. The van der Waals surface area contributed by atoms with Crippen LogP contribution in [0, 0.1) is 0 Å². The van der Waals surface area contributed by atoms with Crippen LogP contribution in [0.25, 0.3) is 0 Å². The number of hydrogen-bond acceptors (Lipinski definition) is 5. The first-order valence-electron chi connectivity index (χ1n) is 7.94. The Balaban J connectivity index is 2.05. The van der Waals surface area contributed by atoms with Crippen LogP contribution < -0.4 is 5.14 Å². The average Bonchev–Trinajstić information content (AvgIpc) is 2.86. The number of ether oxygens (including phenoxy) is 2. The predicted octanol–water partition coefficient (Wildman–Crippen LogP) is 2.14. The number of nitrogens with two attached hydrogens (primary N) is 1. The third-order valence-electron chi connectivity index (χ3n) is 4.15. The molecule has 0 bridgehead atoms. The molecule has 0 radical (unpaired) electrons. The SMILES string of the molecule is CCC1(CC)O[C@H](CCOS(N)(=O)=O)[C@@H](Cc2ccccc2)O1. The molecule has 2 N–H and O–H groups in total. The van der Waals surface area contributed by atoms with Crippen molar-refractivity contribution >= 4 is 10.3 Å². The summed E-state index contributed by atoms with van der Waals surface area (Å²) in [7, 11) is -3.93. The molecule has 0 unspecified atom stereocenters. The Kier molecular flexibility index (Phi) is 6.16. The van der Waals surface area contributed by atoms with Crippen LogP contribution in [0.5, 0.6) is 0 Å².